The lowest BCUT2D eigenvalue weighted by molar-refractivity contribution is -0.144. The number of aromatic nitrogens is 1. The van der Waals surface area contributed by atoms with Crippen molar-refractivity contribution in [2.45, 2.75) is 6.04 Å². The molecule has 1 fully saturated rings. The van der Waals surface area contributed by atoms with E-state index in [0.29, 0.717) is 24.2 Å². The second kappa shape index (κ2) is 5.46. The fourth-order valence-corrected chi connectivity index (χ4v) is 2.91. The number of carboxylic acids is 1. The first kappa shape index (κ1) is 14.0. The van der Waals surface area contributed by atoms with Crippen molar-refractivity contribution in [1.29, 1.82) is 0 Å². The molecule has 2 heterocycles. The smallest absolute Gasteiger partial charge is 0.325 e. The SMILES string of the molecule is CN1CCN([C@H](C(=O)O)c2c[nH]c3cc(F)ccc23)CC1. The van der Waals surface area contributed by atoms with Crippen LogP contribution in [0.5, 0.6) is 0 Å². The van der Waals surface area contributed by atoms with Crippen LogP contribution in [0.2, 0.25) is 0 Å². The summed E-state index contributed by atoms with van der Waals surface area (Å²) in [6, 6.07) is 3.70. The van der Waals surface area contributed by atoms with E-state index in [1.807, 2.05) is 11.9 Å². The lowest BCUT2D eigenvalue weighted by Gasteiger charge is -2.36. The number of aromatic amines is 1. The summed E-state index contributed by atoms with van der Waals surface area (Å²) < 4.78 is 13.3. The van der Waals surface area contributed by atoms with Crippen molar-refractivity contribution in [3.05, 3.63) is 35.8 Å². The van der Waals surface area contributed by atoms with Crippen LogP contribution in [0.15, 0.2) is 24.4 Å². The highest BCUT2D eigenvalue weighted by Crippen LogP contribution is 2.29. The summed E-state index contributed by atoms with van der Waals surface area (Å²) in [7, 11) is 2.03. The number of fused-ring (bicyclic) bond motifs is 1. The van der Waals surface area contributed by atoms with Crippen molar-refractivity contribution in [1.82, 2.24) is 14.8 Å². The number of hydrogen-bond acceptors (Lipinski definition) is 3. The van der Waals surface area contributed by atoms with E-state index in [1.54, 1.807) is 12.3 Å². The van der Waals surface area contributed by atoms with Crippen LogP contribution in [0.1, 0.15) is 11.6 Å². The highest BCUT2D eigenvalue weighted by atomic mass is 19.1. The van der Waals surface area contributed by atoms with E-state index in [-0.39, 0.29) is 5.82 Å². The molecule has 2 N–H and O–H groups in total. The van der Waals surface area contributed by atoms with Crippen LogP contribution >= 0.6 is 0 Å². The molecule has 1 saturated heterocycles. The van der Waals surface area contributed by atoms with Crippen LogP contribution in [0.4, 0.5) is 4.39 Å². The number of halogens is 1. The number of aliphatic carboxylic acids is 1. The van der Waals surface area contributed by atoms with Gasteiger partial charge >= 0.3 is 5.97 Å². The molecule has 6 heteroatoms. The summed E-state index contributed by atoms with van der Waals surface area (Å²) in [5.41, 5.74) is 1.33. The molecule has 1 aromatic carbocycles. The number of benzene rings is 1. The summed E-state index contributed by atoms with van der Waals surface area (Å²) in [5.74, 6) is -1.20. The van der Waals surface area contributed by atoms with Crippen LogP contribution in [-0.4, -0.2) is 59.1 Å². The second-order valence-electron chi connectivity index (χ2n) is 5.51. The number of nitrogens with one attached hydrogen (secondary N) is 1. The standard InChI is InChI=1S/C15H18FN3O2/c1-18-4-6-19(7-5-18)14(15(20)21)12-9-17-13-8-10(16)2-3-11(12)13/h2-3,8-9,14,17H,4-7H2,1H3,(H,20,21)/t14-/m0/s1. The molecule has 5 nitrogen and oxygen atoms in total. The summed E-state index contributed by atoms with van der Waals surface area (Å²) in [6.07, 6.45) is 1.68. The van der Waals surface area contributed by atoms with Gasteiger partial charge in [-0.3, -0.25) is 9.69 Å². The maximum Gasteiger partial charge on any atom is 0.325 e. The zero-order valence-corrected chi connectivity index (χ0v) is 11.8. The Balaban J connectivity index is 1.98. The molecule has 0 saturated carbocycles. The second-order valence-corrected chi connectivity index (χ2v) is 5.51. The molecule has 2 aromatic rings. The van der Waals surface area contributed by atoms with Crippen LogP contribution in [-0.2, 0) is 4.79 Å². The molecule has 0 bridgehead atoms. The number of carboxylic acid groups (broad SMARTS) is 1. The predicted octanol–water partition coefficient (Wildman–Crippen LogP) is 1.68. The van der Waals surface area contributed by atoms with Crippen LogP contribution in [0.3, 0.4) is 0 Å². The number of nitrogens with zero attached hydrogens (tertiary/aromatic N) is 2. The van der Waals surface area contributed by atoms with Crippen LogP contribution in [0.25, 0.3) is 10.9 Å². The minimum absolute atomic E-state index is 0.331. The van der Waals surface area contributed by atoms with Gasteiger partial charge in [-0.25, -0.2) is 4.39 Å². The number of piperazine rings is 1. The number of hydrogen-bond donors (Lipinski definition) is 2. The topological polar surface area (TPSA) is 59.6 Å². The van der Waals surface area contributed by atoms with E-state index in [4.69, 9.17) is 0 Å². The van der Waals surface area contributed by atoms with Gasteiger partial charge in [-0.05, 0) is 25.2 Å². The van der Waals surface area contributed by atoms with Gasteiger partial charge in [-0.15, -0.1) is 0 Å². The maximum atomic E-state index is 13.3. The van der Waals surface area contributed by atoms with Crippen LogP contribution < -0.4 is 0 Å². The van der Waals surface area contributed by atoms with Gasteiger partial charge in [0, 0.05) is 48.8 Å². The first-order chi connectivity index (χ1) is 10.1. The third-order valence-corrected chi connectivity index (χ3v) is 4.11. The third-order valence-electron chi connectivity index (χ3n) is 4.11. The van der Waals surface area contributed by atoms with Crippen molar-refractivity contribution in [2.75, 3.05) is 33.2 Å². The van der Waals surface area contributed by atoms with E-state index < -0.39 is 12.0 Å². The van der Waals surface area contributed by atoms with Gasteiger partial charge in [0.2, 0.25) is 0 Å². The fraction of sp³-hybridized carbons (Fsp3) is 0.400. The Morgan fingerprint density at radius 2 is 2.05 bits per heavy atom. The summed E-state index contributed by atoms with van der Waals surface area (Å²) in [4.78, 5) is 18.9. The van der Waals surface area contributed by atoms with Gasteiger partial charge < -0.3 is 15.0 Å². The lowest BCUT2D eigenvalue weighted by atomic mass is 10.0. The lowest BCUT2D eigenvalue weighted by Crippen LogP contribution is -2.47. The zero-order valence-electron chi connectivity index (χ0n) is 11.8. The summed E-state index contributed by atoms with van der Waals surface area (Å²) >= 11 is 0. The Morgan fingerprint density at radius 1 is 1.33 bits per heavy atom. The zero-order chi connectivity index (χ0) is 15.0. The maximum absolute atomic E-state index is 13.3. The van der Waals surface area contributed by atoms with E-state index in [9.17, 15) is 14.3 Å². The van der Waals surface area contributed by atoms with Gasteiger partial charge in [0.25, 0.3) is 0 Å². The molecule has 1 aliphatic rings. The molecule has 112 valence electrons. The van der Waals surface area contributed by atoms with Crippen LogP contribution in [0, 0.1) is 5.82 Å². The molecule has 0 amide bonds. The average molecular weight is 291 g/mol. The molecule has 3 rings (SSSR count). The Labute approximate surface area is 122 Å². The first-order valence-electron chi connectivity index (χ1n) is 6.98. The Kier molecular flexibility index (Phi) is 3.65. The molecule has 0 aliphatic carbocycles. The summed E-state index contributed by atoms with van der Waals surface area (Å²) in [5, 5.41) is 10.4. The molecule has 1 aromatic heterocycles. The molecule has 0 unspecified atom stereocenters. The normalized spacial score (nSPS) is 19.0. The first-order valence-corrected chi connectivity index (χ1v) is 6.98. The minimum atomic E-state index is -0.871. The quantitative estimate of drug-likeness (QED) is 0.903. The third kappa shape index (κ3) is 2.64. The van der Waals surface area contributed by atoms with Crippen molar-refractivity contribution >= 4 is 16.9 Å². The number of H-pyrrole nitrogens is 1. The van der Waals surface area contributed by atoms with E-state index >= 15 is 0 Å². The number of carbonyl (C=O) groups is 1. The molecule has 1 aliphatic heterocycles. The van der Waals surface area contributed by atoms with E-state index in [2.05, 4.69) is 9.88 Å². The Hall–Kier alpha value is -1.92. The Bertz CT molecular complexity index is 662. The number of likely N-dealkylation sites (N-methyl/N-ethyl adjacent to an activating group) is 1. The van der Waals surface area contributed by atoms with E-state index in [0.717, 1.165) is 18.5 Å². The van der Waals surface area contributed by atoms with E-state index in [1.165, 1.54) is 12.1 Å². The van der Waals surface area contributed by atoms with Gasteiger partial charge in [0.1, 0.15) is 11.9 Å². The molecule has 0 radical (unpaired) electrons. The monoisotopic (exact) mass is 291 g/mol. The molecule has 0 spiro atoms. The number of rotatable bonds is 3. The van der Waals surface area contributed by atoms with Crippen molar-refractivity contribution in [3.8, 4) is 0 Å². The van der Waals surface area contributed by atoms with Gasteiger partial charge in [-0.1, -0.05) is 0 Å². The predicted molar refractivity (Wildman–Crippen MR) is 77.7 cm³/mol. The van der Waals surface area contributed by atoms with Crippen molar-refractivity contribution in [2.24, 2.45) is 0 Å². The average Bonchev–Trinajstić information content (AvgIpc) is 2.84. The Morgan fingerprint density at radius 3 is 2.71 bits per heavy atom. The molecule has 1 atom stereocenters. The van der Waals surface area contributed by atoms with Crippen molar-refractivity contribution in [3.63, 3.8) is 0 Å². The molecular formula is C15H18FN3O2. The van der Waals surface area contributed by atoms with Gasteiger partial charge in [0.15, 0.2) is 0 Å². The van der Waals surface area contributed by atoms with Gasteiger partial charge in [0.05, 0.1) is 0 Å². The highest BCUT2D eigenvalue weighted by molar-refractivity contribution is 5.89. The summed E-state index contributed by atoms with van der Waals surface area (Å²) in [6.45, 7) is 3.12. The molecular weight excluding hydrogens is 273 g/mol. The van der Waals surface area contributed by atoms with Gasteiger partial charge in [-0.2, -0.15) is 0 Å². The molecule has 21 heavy (non-hydrogen) atoms. The fourth-order valence-electron chi connectivity index (χ4n) is 2.91. The van der Waals surface area contributed by atoms with Crippen molar-refractivity contribution < 1.29 is 14.3 Å². The largest absolute Gasteiger partial charge is 0.480 e. The highest BCUT2D eigenvalue weighted by Gasteiger charge is 2.31. The minimum Gasteiger partial charge on any atom is -0.480 e.